The largest absolute Gasteiger partial charge is 0.352 e. The van der Waals surface area contributed by atoms with Gasteiger partial charge < -0.3 is 15.2 Å². The molecule has 0 aliphatic carbocycles. The molecule has 9 heteroatoms. The summed E-state index contributed by atoms with van der Waals surface area (Å²) in [6.45, 7) is 1.88. The Morgan fingerprint density at radius 2 is 2.24 bits per heavy atom. The summed E-state index contributed by atoms with van der Waals surface area (Å²) in [5.74, 6) is 6.27. The minimum Gasteiger partial charge on any atom is -0.352 e. The molecule has 9 nitrogen and oxygen atoms in total. The van der Waals surface area contributed by atoms with Crippen LogP contribution in [0.25, 0.3) is 0 Å². The van der Waals surface area contributed by atoms with Gasteiger partial charge in [-0.3, -0.25) is 14.9 Å². The van der Waals surface area contributed by atoms with Crippen LogP contribution in [-0.4, -0.2) is 46.4 Å². The van der Waals surface area contributed by atoms with Crippen LogP contribution in [0.5, 0.6) is 0 Å². The Hall–Kier alpha value is -2.42. The Bertz CT molecular complexity index is 592. The van der Waals surface area contributed by atoms with Crippen LogP contribution in [-0.2, 0) is 4.79 Å². The van der Waals surface area contributed by atoms with E-state index in [0.717, 1.165) is 6.42 Å². The van der Waals surface area contributed by atoms with Crippen molar-refractivity contribution < 1.29 is 9.72 Å². The molecule has 1 atom stereocenters. The number of amides is 1. The first kappa shape index (κ1) is 13.6. The van der Waals surface area contributed by atoms with Gasteiger partial charge in [0.1, 0.15) is 11.6 Å². The van der Waals surface area contributed by atoms with Crippen LogP contribution < -0.4 is 16.2 Å². The van der Waals surface area contributed by atoms with Gasteiger partial charge in [-0.25, -0.2) is 10.8 Å². The molecular formula is C12H16N6O3. The number of hydrazine groups is 1. The Kier molecular flexibility index (Phi) is 3.34. The Labute approximate surface area is 120 Å². The SMILES string of the molecule is NNc1cc([N+](=O)[O-])cc(N2CCN3C(=O)CCC3C2)n1. The van der Waals surface area contributed by atoms with E-state index in [1.165, 1.54) is 12.1 Å². The van der Waals surface area contributed by atoms with E-state index in [2.05, 4.69) is 10.4 Å². The van der Waals surface area contributed by atoms with E-state index >= 15 is 0 Å². The van der Waals surface area contributed by atoms with Crippen molar-refractivity contribution in [1.29, 1.82) is 0 Å². The molecule has 0 saturated carbocycles. The summed E-state index contributed by atoms with van der Waals surface area (Å²) in [5.41, 5.74) is 2.29. The maximum atomic E-state index is 11.7. The summed E-state index contributed by atoms with van der Waals surface area (Å²) in [6, 6.07) is 2.90. The van der Waals surface area contributed by atoms with Crippen LogP contribution in [0.15, 0.2) is 12.1 Å². The van der Waals surface area contributed by atoms with Crippen molar-refractivity contribution in [2.24, 2.45) is 5.84 Å². The van der Waals surface area contributed by atoms with E-state index < -0.39 is 4.92 Å². The average molecular weight is 292 g/mol. The highest BCUT2D eigenvalue weighted by Gasteiger charge is 2.36. The van der Waals surface area contributed by atoms with Gasteiger partial charge in [0.15, 0.2) is 0 Å². The monoisotopic (exact) mass is 292 g/mol. The molecule has 21 heavy (non-hydrogen) atoms. The van der Waals surface area contributed by atoms with E-state index in [1.54, 1.807) is 0 Å². The Balaban J connectivity index is 1.85. The van der Waals surface area contributed by atoms with Crippen LogP contribution >= 0.6 is 0 Å². The number of rotatable bonds is 3. The number of hydrogen-bond acceptors (Lipinski definition) is 7. The maximum absolute atomic E-state index is 11.7. The number of anilines is 2. The molecule has 3 N–H and O–H groups in total. The van der Waals surface area contributed by atoms with Gasteiger partial charge in [0, 0.05) is 32.1 Å². The molecule has 1 aromatic heterocycles. The minimum absolute atomic E-state index is 0.0575. The zero-order valence-electron chi connectivity index (χ0n) is 11.4. The molecule has 3 rings (SSSR count). The number of nitrogens with zero attached hydrogens (tertiary/aromatic N) is 4. The lowest BCUT2D eigenvalue weighted by atomic mass is 10.1. The number of fused-ring (bicyclic) bond motifs is 1. The number of hydrogen-bond donors (Lipinski definition) is 2. The second kappa shape index (κ2) is 5.17. The third-order valence-electron chi connectivity index (χ3n) is 3.97. The molecule has 3 heterocycles. The van der Waals surface area contributed by atoms with Crippen LogP contribution in [0.2, 0.25) is 0 Å². The fourth-order valence-electron chi connectivity index (χ4n) is 2.92. The second-order valence-electron chi connectivity index (χ2n) is 5.20. The molecule has 0 bridgehead atoms. The van der Waals surface area contributed by atoms with E-state index in [0.29, 0.717) is 31.9 Å². The fourth-order valence-corrected chi connectivity index (χ4v) is 2.92. The molecule has 112 valence electrons. The molecule has 2 fully saturated rings. The van der Waals surface area contributed by atoms with Crippen molar-refractivity contribution in [2.75, 3.05) is 30.0 Å². The third kappa shape index (κ3) is 2.47. The molecule has 0 radical (unpaired) electrons. The van der Waals surface area contributed by atoms with Crippen LogP contribution in [0.1, 0.15) is 12.8 Å². The van der Waals surface area contributed by atoms with Gasteiger partial charge in [0.05, 0.1) is 17.1 Å². The van der Waals surface area contributed by atoms with Crippen molar-refractivity contribution in [3.8, 4) is 0 Å². The zero-order valence-corrected chi connectivity index (χ0v) is 11.4. The first-order valence-corrected chi connectivity index (χ1v) is 6.76. The van der Waals surface area contributed by atoms with Gasteiger partial charge in [-0.1, -0.05) is 0 Å². The normalized spacial score (nSPS) is 21.4. The van der Waals surface area contributed by atoms with Crippen LogP contribution in [0.3, 0.4) is 0 Å². The van der Waals surface area contributed by atoms with Gasteiger partial charge in [-0.15, -0.1) is 0 Å². The summed E-state index contributed by atoms with van der Waals surface area (Å²) >= 11 is 0. The van der Waals surface area contributed by atoms with E-state index in [9.17, 15) is 14.9 Å². The molecule has 1 amide bonds. The number of nitro groups is 1. The van der Waals surface area contributed by atoms with Gasteiger partial charge in [-0.2, -0.15) is 0 Å². The van der Waals surface area contributed by atoms with E-state index in [1.807, 2.05) is 9.80 Å². The van der Waals surface area contributed by atoms with Gasteiger partial charge in [0.25, 0.3) is 5.69 Å². The summed E-state index contributed by atoms with van der Waals surface area (Å²) in [6.07, 6.45) is 1.41. The molecule has 1 unspecified atom stereocenters. The number of nitrogens with one attached hydrogen (secondary N) is 1. The number of carbonyl (C=O) groups is 1. The quantitative estimate of drug-likeness (QED) is 0.460. The van der Waals surface area contributed by atoms with Crippen LogP contribution in [0, 0.1) is 10.1 Å². The molecule has 2 aliphatic heterocycles. The lowest BCUT2D eigenvalue weighted by Gasteiger charge is -2.38. The van der Waals surface area contributed by atoms with Crippen molar-refractivity contribution in [3.63, 3.8) is 0 Å². The lowest BCUT2D eigenvalue weighted by Crippen LogP contribution is -2.51. The number of aromatic nitrogens is 1. The number of piperazine rings is 1. The van der Waals surface area contributed by atoms with Gasteiger partial charge in [-0.05, 0) is 6.42 Å². The minimum atomic E-state index is -0.471. The topological polar surface area (TPSA) is 118 Å². The number of carbonyl (C=O) groups excluding carboxylic acids is 1. The van der Waals surface area contributed by atoms with E-state index in [4.69, 9.17) is 5.84 Å². The van der Waals surface area contributed by atoms with Gasteiger partial charge in [0.2, 0.25) is 5.91 Å². The smallest absolute Gasteiger partial charge is 0.276 e. The summed E-state index contributed by atoms with van der Waals surface area (Å²) < 4.78 is 0. The molecular weight excluding hydrogens is 276 g/mol. The molecule has 2 aliphatic rings. The third-order valence-corrected chi connectivity index (χ3v) is 3.97. The van der Waals surface area contributed by atoms with Crippen LogP contribution in [0.4, 0.5) is 17.3 Å². The highest BCUT2D eigenvalue weighted by Crippen LogP contribution is 2.28. The summed E-state index contributed by atoms with van der Waals surface area (Å²) in [4.78, 5) is 30.3. The predicted molar refractivity (Wildman–Crippen MR) is 75.6 cm³/mol. The van der Waals surface area contributed by atoms with Crippen molar-refractivity contribution in [3.05, 3.63) is 22.2 Å². The number of nitrogens with two attached hydrogens (primary N) is 1. The van der Waals surface area contributed by atoms with Crippen molar-refractivity contribution in [2.45, 2.75) is 18.9 Å². The first-order valence-electron chi connectivity index (χ1n) is 6.76. The maximum Gasteiger partial charge on any atom is 0.276 e. The lowest BCUT2D eigenvalue weighted by molar-refractivity contribution is -0.384. The van der Waals surface area contributed by atoms with Crippen molar-refractivity contribution in [1.82, 2.24) is 9.88 Å². The Morgan fingerprint density at radius 3 is 2.95 bits per heavy atom. The second-order valence-corrected chi connectivity index (χ2v) is 5.20. The highest BCUT2D eigenvalue weighted by atomic mass is 16.6. The average Bonchev–Trinajstić information content (AvgIpc) is 2.87. The number of pyridine rings is 1. The fraction of sp³-hybridized carbons (Fsp3) is 0.500. The molecule has 2 saturated heterocycles. The molecule has 0 aromatic carbocycles. The van der Waals surface area contributed by atoms with Crippen molar-refractivity contribution >= 4 is 23.2 Å². The molecule has 1 aromatic rings. The highest BCUT2D eigenvalue weighted by molar-refractivity contribution is 5.79. The zero-order chi connectivity index (χ0) is 15.0. The molecule has 0 spiro atoms. The summed E-state index contributed by atoms with van der Waals surface area (Å²) in [5, 5.41) is 11.0. The van der Waals surface area contributed by atoms with E-state index in [-0.39, 0.29) is 23.5 Å². The summed E-state index contributed by atoms with van der Waals surface area (Å²) in [7, 11) is 0. The Morgan fingerprint density at radius 1 is 1.43 bits per heavy atom. The first-order chi connectivity index (χ1) is 10.1. The number of nitrogen functional groups attached to an aromatic ring is 1. The van der Waals surface area contributed by atoms with Gasteiger partial charge >= 0.3 is 0 Å². The predicted octanol–water partition coefficient (Wildman–Crippen LogP) is 0.0864. The standard InChI is InChI=1S/C12H16N6O3/c13-15-10-5-9(18(20)21)6-11(14-10)16-3-4-17-8(7-16)1-2-12(17)19/h5-6,8H,1-4,7,13H2,(H,14,15).